The van der Waals surface area contributed by atoms with Gasteiger partial charge in [0, 0.05) is 5.56 Å². The Morgan fingerprint density at radius 1 is 1.48 bits per heavy atom. The average molecular weight is 303 g/mol. The van der Waals surface area contributed by atoms with Gasteiger partial charge in [-0.1, -0.05) is 24.4 Å². The molecule has 0 saturated heterocycles. The second-order valence-corrected chi connectivity index (χ2v) is 4.76. The van der Waals surface area contributed by atoms with Crippen molar-refractivity contribution in [3.63, 3.8) is 0 Å². The number of carbonyl (C=O) groups excluding carboxylic acids is 1. The molecule has 3 rings (SSSR count). The van der Waals surface area contributed by atoms with Crippen molar-refractivity contribution in [3.05, 3.63) is 41.9 Å². The molecule has 0 aliphatic carbocycles. The first kappa shape index (κ1) is 13.6. The summed E-state index contributed by atoms with van der Waals surface area (Å²) in [7, 11) is 0. The van der Waals surface area contributed by atoms with Gasteiger partial charge in [-0.05, 0) is 19.1 Å². The molecule has 0 atom stereocenters. The topological polar surface area (TPSA) is 65.4 Å². The lowest BCUT2D eigenvalue weighted by Gasteiger charge is -2.07. The molecule has 0 radical (unpaired) electrons. The van der Waals surface area contributed by atoms with Gasteiger partial charge in [-0.25, -0.2) is 9.78 Å². The second kappa shape index (κ2) is 5.53. The van der Waals surface area contributed by atoms with E-state index in [0.717, 1.165) is 16.9 Å². The Morgan fingerprint density at radius 3 is 3.10 bits per heavy atom. The van der Waals surface area contributed by atoms with E-state index < -0.39 is 6.16 Å². The molecule has 6 nitrogen and oxygen atoms in total. The average Bonchev–Trinajstić information content (AvgIpc) is 2.81. The Labute approximate surface area is 126 Å². The molecule has 1 aliphatic heterocycles. The van der Waals surface area contributed by atoms with Crippen molar-refractivity contribution >= 4 is 23.4 Å². The minimum Gasteiger partial charge on any atom is -0.434 e. The molecule has 1 N–H and O–H groups in total. The first-order valence-corrected chi connectivity index (χ1v) is 6.90. The van der Waals surface area contributed by atoms with E-state index in [-0.39, 0.29) is 12.5 Å². The lowest BCUT2D eigenvalue weighted by molar-refractivity contribution is 0.102. The first-order chi connectivity index (χ1) is 10.2. The summed E-state index contributed by atoms with van der Waals surface area (Å²) in [6.45, 7) is 2.38. The lowest BCUT2D eigenvalue weighted by atomic mass is 10.2. The predicted octanol–water partition coefficient (Wildman–Crippen LogP) is 2.19. The highest BCUT2D eigenvalue weighted by Gasteiger charge is 2.22. The summed E-state index contributed by atoms with van der Waals surface area (Å²) in [6, 6.07) is 7.72. The Balaban J connectivity index is 2.01. The molecule has 2 heterocycles. The minimum absolute atomic E-state index is 0.223. The molecule has 0 unspecified atom stereocenters. The molecular weight excluding hydrogens is 290 g/mol. The van der Waals surface area contributed by atoms with E-state index in [1.165, 1.54) is 0 Å². The van der Waals surface area contributed by atoms with Crippen molar-refractivity contribution in [3.8, 4) is 11.6 Å². The maximum atomic E-state index is 11.5. The number of fused-ring (bicyclic) bond motifs is 3. The normalized spacial score (nSPS) is 12.7. The third kappa shape index (κ3) is 2.47. The number of ether oxygens (including phenoxy) is 2. The number of hydrogen-bond donors (Lipinski definition) is 1. The molecule has 0 spiro atoms. The van der Waals surface area contributed by atoms with Gasteiger partial charge >= 0.3 is 6.16 Å². The van der Waals surface area contributed by atoms with E-state index in [0.29, 0.717) is 11.5 Å². The van der Waals surface area contributed by atoms with Crippen LogP contribution in [0.1, 0.15) is 18.2 Å². The monoisotopic (exact) mass is 303 g/mol. The van der Waals surface area contributed by atoms with Gasteiger partial charge in [-0.15, -0.1) is 0 Å². The minimum atomic E-state index is -0.765. The standard InChI is InChI=1S/C14H13N3O3S/c1-2-19-14(18)20-12-11-7-15-13(21)9-5-3-4-6-10(9)17(11)8-16-12/h3-6,8H,2,7H2,1H3,(H,15,21). The summed E-state index contributed by atoms with van der Waals surface area (Å²) in [5.41, 5.74) is 2.52. The van der Waals surface area contributed by atoms with Crippen LogP contribution in [0.25, 0.3) is 5.69 Å². The number of carbonyl (C=O) groups is 1. The molecule has 0 bridgehead atoms. The molecule has 0 amide bonds. The number of rotatable bonds is 2. The van der Waals surface area contributed by atoms with Gasteiger partial charge in [-0.2, -0.15) is 0 Å². The first-order valence-electron chi connectivity index (χ1n) is 6.49. The maximum Gasteiger partial charge on any atom is 0.515 e. The number of imidazole rings is 1. The van der Waals surface area contributed by atoms with E-state index in [9.17, 15) is 4.79 Å². The molecule has 108 valence electrons. The van der Waals surface area contributed by atoms with E-state index in [4.69, 9.17) is 21.7 Å². The van der Waals surface area contributed by atoms with Crippen molar-refractivity contribution in [2.24, 2.45) is 0 Å². The number of aromatic nitrogens is 2. The molecular formula is C14H13N3O3S. The van der Waals surface area contributed by atoms with E-state index >= 15 is 0 Å². The molecule has 21 heavy (non-hydrogen) atoms. The summed E-state index contributed by atoms with van der Waals surface area (Å²) in [6.07, 6.45) is 0.845. The number of thiocarbonyl (C=S) groups is 1. The lowest BCUT2D eigenvalue weighted by Crippen LogP contribution is -2.20. The van der Waals surface area contributed by atoms with Gasteiger partial charge < -0.3 is 14.8 Å². The van der Waals surface area contributed by atoms with Crippen LogP contribution in [0.2, 0.25) is 0 Å². The van der Waals surface area contributed by atoms with Gasteiger partial charge in [0.25, 0.3) is 0 Å². The van der Waals surface area contributed by atoms with E-state index in [2.05, 4.69) is 10.3 Å². The van der Waals surface area contributed by atoms with Gasteiger partial charge in [-0.3, -0.25) is 4.57 Å². The molecule has 0 fully saturated rings. The number of nitrogens with one attached hydrogen (secondary N) is 1. The summed E-state index contributed by atoms with van der Waals surface area (Å²) in [5.74, 6) is 0.223. The van der Waals surface area contributed by atoms with Crippen LogP contribution in [0.15, 0.2) is 30.6 Å². The second-order valence-electron chi connectivity index (χ2n) is 4.35. The number of benzene rings is 1. The van der Waals surface area contributed by atoms with Crippen molar-refractivity contribution in [2.75, 3.05) is 6.61 Å². The van der Waals surface area contributed by atoms with Gasteiger partial charge in [0.15, 0.2) is 0 Å². The van der Waals surface area contributed by atoms with Crippen LogP contribution in [0, 0.1) is 0 Å². The van der Waals surface area contributed by atoms with Crippen LogP contribution in [-0.2, 0) is 11.3 Å². The Morgan fingerprint density at radius 2 is 2.29 bits per heavy atom. The molecule has 7 heteroatoms. The maximum absolute atomic E-state index is 11.5. The van der Waals surface area contributed by atoms with Crippen LogP contribution in [-0.4, -0.2) is 27.3 Å². The molecule has 1 aromatic heterocycles. The van der Waals surface area contributed by atoms with Crippen LogP contribution in [0.3, 0.4) is 0 Å². The van der Waals surface area contributed by atoms with Crippen LogP contribution < -0.4 is 10.1 Å². The smallest absolute Gasteiger partial charge is 0.434 e. The highest BCUT2D eigenvalue weighted by Crippen LogP contribution is 2.26. The number of hydrogen-bond acceptors (Lipinski definition) is 5. The van der Waals surface area contributed by atoms with Gasteiger partial charge in [0.1, 0.15) is 17.0 Å². The zero-order chi connectivity index (χ0) is 14.8. The predicted molar refractivity (Wildman–Crippen MR) is 79.8 cm³/mol. The number of para-hydroxylation sites is 1. The van der Waals surface area contributed by atoms with Gasteiger partial charge in [0.05, 0.1) is 18.8 Å². The molecule has 0 saturated carbocycles. The summed E-state index contributed by atoms with van der Waals surface area (Å²) < 4.78 is 11.8. The fourth-order valence-electron chi connectivity index (χ4n) is 2.17. The summed E-state index contributed by atoms with van der Waals surface area (Å²) in [4.78, 5) is 16.2. The van der Waals surface area contributed by atoms with Crippen molar-refractivity contribution in [1.82, 2.24) is 14.9 Å². The largest absolute Gasteiger partial charge is 0.515 e. The molecule has 2 aromatic rings. The van der Waals surface area contributed by atoms with E-state index in [1.807, 2.05) is 28.8 Å². The molecule has 1 aliphatic rings. The quantitative estimate of drug-likeness (QED) is 0.677. The highest BCUT2D eigenvalue weighted by molar-refractivity contribution is 7.80. The summed E-state index contributed by atoms with van der Waals surface area (Å²) >= 11 is 5.36. The number of nitrogens with zero attached hydrogens (tertiary/aromatic N) is 2. The Bertz CT molecular complexity index is 711. The van der Waals surface area contributed by atoms with E-state index in [1.54, 1.807) is 13.3 Å². The SMILES string of the molecule is CCOC(=O)Oc1ncn2c1CNC(=S)c1ccccc1-2. The molecule has 1 aromatic carbocycles. The van der Waals surface area contributed by atoms with Crippen LogP contribution in [0.4, 0.5) is 4.79 Å². The Hall–Kier alpha value is -2.41. The third-order valence-corrected chi connectivity index (χ3v) is 3.46. The Kier molecular flexibility index (Phi) is 3.57. The van der Waals surface area contributed by atoms with Crippen LogP contribution >= 0.6 is 12.2 Å². The zero-order valence-corrected chi connectivity index (χ0v) is 12.1. The van der Waals surface area contributed by atoms with Crippen molar-refractivity contribution in [1.29, 1.82) is 0 Å². The van der Waals surface area contributed by atoms with Gasteiger partial charge in [0.2, 0.25) is 5.88 Å². The fourth-order valence-corrected chi connectivity index (χ4v) is 2.42. The van der Waals surface area contributed by atoms with Crippen LogP contribution in [0.5, 0.6) is 5.88 Å². The summed E-state index contributed by atoms with van der Waals surface area (Å²) in [5, 5.41) is 3.13. The zero-order valence-electron chi connectivity index (χ0n) is 11.3. The third-order valence-electron chi connectivity index (χ3n) is 3.09. The fraction of sp³-hybridized carbons (Fsp3) is 0.214. The van der Waals surface area contributed by atoms with Crippen molar-refractivity contribution in [2.45, 2.75) is 13.5 Å². The van der Waals surface area contributed by atoms with Crippen molar-refractivity contribution < 1.29 is 14.3 Å². The highest BCUT2D eigenvalue weighted by atomic mass is 32.1.